The molecule has 200 valence electrons. The molecule has 6 N–H and O–H groups in total. The number of aromatic nitrogens is 3. The van der Waals surface area contributed by atoms with E-state index in [1.807, 2.05) is 0 Å². The number of hydrogen-bond acceptors (Lipinski definition) is 6. The van der Waals surface area contributed by atoms with Gasteiger partial charge in [0.25, 0.3) is 11.8 Å². The third kappa shape index (κ3) is 5.74. The van der Waals surface area contributed by atoms with Gasteiger partial charge in [0.1, 0.15) is 11.4 Å². The van der Waals surface area contributed by atoms with Crippen molar-refractivity contribution in [2.75, 3.05) is 16.4 Å². The number of nitrogen functional groups attached to an aromatic ring is 1. The highest BCUT2D eigenvalue weighted by atomic mass is 19.4. The Bertz CT molecular complexity index is 1380. The fraction of sp³-hybridized carbons (Fsp3) is 0.292. The molecule has 0 bridgehead atoms. The second kappa shape index (κ2) is 10.5. The lowest BCUT2D eigenvalue weighted by Gasteiger charge is -2.11. The summed E-state index contributed by atoms with van der Waals surface area (Å²) in [5.74, 6) is -3.69. The van der Waals surface area contributed by atoms with Crippen molar-refractivity contribution in [3.63, 3.8) is 0 Å². The van der Waals surface area contributed by atoms with Crippen LogP contribution in [0.15, 0.2) is 36.5 Å². The average molecular weight is 533 g/mol. The second-order valence-corrected chi connectivity index (χ2v) is 8.79. The molecule has 1 aliphatic carbocycles. The Labute approximate surface area is 213 Å². The minimum absolute atomic E-state index is 0.00438. The molecule has 2 aromatic heterocycles. The van der Waals surface area contributed by atoms with Gasteiger partial charge in [0.2, 0.25) is 11.9 Å². The van der Waals surface area contributed by atoms with Crippen LogP contribution in [0.25, 0.3) is 0 Å². The van der Waals surface area contributed by atoms with Gasteiger partial charge >= 0.3 is 6.18 Å². The van der Waals surface area contributed by atoms with Crippen LogP contribution in [-0.2, 0) is 17.4 Å². The zero-order valence-electron chi connectivity index (χ0n) is 19.8. The summed E-state index contributed by atoms with van der Waals surface area (Å²) >= 11 is 0. The molecule has 1 fully saturated rings. The molecule has 1 aromatic carbocycles. The number of nitrogens with two attached hydrogens (primary N) is 2. The molecule has 14 heteroatoms. The number of alkyl halides is 3. The van der Waals surface area contributed by atoms with E-state index in [-0.39, 0.29) is 35.2 Å². The SMILES string of the molecule is NC(=O)c1c(C(=O)Nc2cc(NC(=O)Cc3ccc(C(F)(F)F)cc3)cnc2F)nn(C2CCCC2)c1N. The summed E-state index contributed by atoms with van der Waals surface area (Å²) in [5.41, 5.74) is 9.85. The maximum atomic E-state index is 14.4. The maximum absolute atomic E-state index is 14.4. The first-order chi connectivity index (χ1) is 17.9. The number of amides is 3. The van der Waals surface area contributed by atoms with Gasteiger partial charge in [-0.05, 0) is 36.6 Å². The quantitative estimate of drug-likeness (QED) is 0.268. The smallest absolute Gasteiger partial charge is 0.383 e. The minimum Gasteiger partial charge on any atom is -0.383 e. The first-order valence-electron chi connectivity index (χ1n) is 11.5. The highest BCUT2D eigenvalue weighted by Crippen LogP contribution is 2.33. The van der Waals surface area contributed by atoms with E-state index in [9.17, 15) is 31.9 Å². The van der Waals surface area contributed by atoms with Crippen molar-refractivity contribution >= 4 is 34.9 Å². The second-order valence-electron chi connectivity index (χ2n) is 8.79. The lowest BCUT2D eigenvalue weighted by atomic mass is 10.1. The lowest BCUT2D eigenvalue weighted by molar-refractivity contribution is -0.137. The summed E-state index contributed by atoms with van der Waals surface area (Å²) in [6.45, 7) is 0. The average Bonchev–Trinajstić information content (AvgIpc) is 3.48. The van der Waals surface area contributed by atoms with Crippen LogP contribution in [0.3, 0.4) is 0 Å². The van der Waals surface area contributed by atoms with Crippen LogP contribution in [0, 0.1) is 5.95 Å². The molecule has 0 aliphatic heterocycles. The predicted octanol–water partition coefficient (Wildman–Crippen LogP) is 3.67. The molecule has 3 amide bonds. The highest BCUT2D eigenvalue weighted by Gasteiger charge is 2.31. The summed E-state index contributed by atoms with van der Waals surface area (Å²) in [6.07, 6.45) is -0.374. The first kappa shape index (κ1) is 26.6. The van der Waals surface area contributed by atoms with Crippen LogP contribution < -0.4 is 22.1 Å². The third-order valence-corrected chi connectivity index (χ3v) is 6.10. The van der Waals surface area contributed by atoms with Gasteiger partial charge in [-0.15, -0.1) is 0 Å². The Morgan fingerprint density at radius 3 is 2.34 bits per heavy atom. The predicted molar refractivity (Wildman–Crippen MR) is 129 cm³/mol. The van der Waals surface area contributed by atoms with Crippen LogP contribution in [0.1, 0.15) is 63.7 Å². The van der Waals surface area contributed by atoms with Crippen molar-refractivity contribution in [3.8, 4) is 0 Å². The maximum Gasteiger partial charge on any atom is 0.416 e. The van der Waals surface area contributed by atoms with Gasteiger partial charge in [0.15, 0.2) is 5.69 Å². The summed E-state index contributed by atoms with van der Waals surface area (Å²) < 4.78 is 53.9. The molecule has 10 nitrogen and oxygen atoms in total. The van der Waals surface area contributed by atoms with E-state index in [0.717, 1.165) is 50.1 Å². The highest BCUT2D eigenvalue weighted by molar-refractivity contribution is 6.13. The van der Waals surface area contributed by atoms with Crippen molar-refractivity contribution in [2.24, 2.45) is 5.73 Å². The topological polar surface area (TPSA) is 158 Å². The molecule has 4 rings (SSSR count). The van der Waals surface area contributed by atoms with E-state index in [1.54, 1.807) is 0 Å². The standard InChI is InChI=1S/C24H23F4N7O3/c25-20-16(33-23(38)19-18(22(30)37)21(29)35(34-19)15-3-1-2-4-15)10-14(11-31-20)32-17(36)9-12-5-7-13(8-6-12)24(26,27)28/h5-8,10-11,15H,1-4,9,29H2,(H2,30,37)(H,32,36)(H,33,38). The lowest BCUT2D eigenvalue weighted by Crippen LogP contribution is -2.21. The number of benzene rings is 1. The molecule has 3 aromatic rings. The largest absolute Gasteiger partial charge is 0.416 e. The Morgan fingerprint density at radius 1 is 1.08 bits per heavy atom. The van der Waals surface area contributed by atoms with E-state index in [0.29, 0.717) is 5.56 Å². The Balaban J connectivity index is 1.48. The van der Waals surface area contributed by atoms with Crippen LogP contribution >= 0.6 is 0 Å². The molecule has 0 spiro atoms. The number of halogens is 4. The number of nitrogens with zero attached hydrogens (tertiary/aromatic N) is 3. The normalized spacial score (nSPS) is 13.9. The monoisotopic (exact) mass is 533 g/mol. The van der Waals surface area contributed by atoms with Gasteiger partial charge in [0, 0.05) is 0 Å². The van der Waals surface area contributed by atoms with Crippen molar-refractivity contribution in [3.05, 3.63) is 64.9 Å². The molecule has 0 radical (unpaired) electrons. The van der Waals surface area contributed by atoms with Gasteiger partial charge in [0.05, 0.1) is 35.6 Å². The molecule has 1 saturated carbocycles. The van der Waals surface area contributed by atoms with Gasteiger partial charge in [-0.2, -0.15) is 22.7 Å². The molecule has 2 heterocycles. The molecule has 0 saturated heterocycles. The first-order valence-corrected chi connectivity index (χ1v) is 11.5. The number of pyridine rings is 1. The summed E-state index contributed by atoms with van der Waals surface area (Å²) in [6, 6.07) is 5.05. The van der Waals surface area contributed by atoms with E-state index < -0.39 is 41.1 Å². The number of anilines is 3. The van der Waals surface area contributed by atoms with E-state index in [4.69, 9.17) is 11.5 Å². The Hall–Kier alpha value is -4.49. The zero-order chi connectivity index (χ0) is 27.6. The minimum atomic E-state index is -4.50. The van der Waals surface area contributed by atoms with Crippen molar-refractivity contribution in [1.29, 1.82) is 0 Å². The number of carbonyl (C=O) groups excluding carboxylic acids is 3. The van der Waals surface area contributed by atoms with Gasteiger partial charge < -0.3 is 22.1 Å². The van der Waals surface area contributed by atoms with E-state index >= 15 is 0 Å². The number of carbonyl (C=O) groups is 3. The molecule has 0 unspecified atom stereocenters. The molecule has 1 aliphatic rings. The van der Waals surface area contributed by atoms with E-state index in [1.165, 1.54) is 16.8 Å². The molecular weight excluding hydrogens is 510 g/mol. The molecule has 0 atom stereocenters. The van der Waals surface area contributed by atoms with Crippen molar-refractivity contribution < 1.29 is 31.9 Å². The number of rotatable bonds is 7. The fourth-order valence-corrected chi connectivity index (χ4v) is 4.26. The van der Waals surface area contributed by atoms with Crippen molar-refractivity contribution in [1.82, 2.24) is 14.8 Å². The van der Waals surface area contributed by atoms with Gasteiger partial charge in [-0.3, -0.25) is 14.4 Å². The van der Waals surface area contributed by atoms with Crippen LogP contribution in [-0.4, -0.2) is 32.5 Å². The summed E-state index contributed by atoms with van der Waals surface area (Å²) in [4.78, 5) is 40.8. The number of primary amides is 1. The van der Waals surface area contributed by atoms with Crippen molar-refractivity contribution in [2.45, 2.75) is 44.3 Å². The summed E-state index contributed by atoms with van der Waals surface area (Å²) in [5, 5.41) is 8.88. The Kier molecular flexibility index (Phi) is 7.32. The number of nitrogens with one attached hydrogen (secondary N) is 2. The van der Waals surface area contributed by atoms with Crippen LogP contribution in [0.5, 0.6) is 0 Å². The summed E-state index contributed by atoms with van der Waals surface area (Å²) in [7, 11) is 0. The zero-order valence-corrected chi connectivity index (χ0v) is 19.8. The third-order valence-electron chi connectivity index (χ3n) is 6.10. The fourth-order valence-electron chi connectivity index (χ4n) is 4.26. The molecular formula is C24H23F4N7O3. The van der Waals surface area contributed by atoms with Crippen LogP contribution in [0.2, 0.25) is 0 Å². The van der Waals surface area contributed by atoms with Crippen LogP contribution in [0.4, 0.5) is 34.8 Å². The molecule has 38 heavy (non-hydrogen) atoms. The Morgan fingerprint density at radius 2 is 1.74 bits per heavy atom. The number of hydrogen-bond donors (Lipinski definition) is 4. The van der Waals surface area contributed by atoms with Gasteiger partial charge in [-0.25, -0.2) is 9.67 Å². The van der Waals surface area contributed by atoms with Gasteiger partial charge in [-0.1, -0.05) is 25.0 Å². The van der Waals surface area contributed by atoms with E-state index in [2.05, 4.69) is 20.7 Å².